The van der Waals surface area contributed by atoms with Crippen molar-refractivity contribution in [2.75, 3.05) is 19.7 Å². The van der Waals surface area contributed by atoms with Gasteiger partial charge in [-0.25, -0.2) is 4.39 Å². The van der Waals surface area contributed by atoms with Crippen LogP contribution in [0.25, 0.3) is 0 Å². The molecule has 1 saturated heterocycles. The van der Waals surface area contributed by atoms with E-state index in [4.69, 9.17) is 10.00 Å². The second-order valence-corrected chi connectivity index (χ2v) is 4.52. The van der Waals surface area contributed by atoms with Gasteiger partial charge in [-0.3, -0.25) is 0 Å². The van der Waals surface area contributed by atoms with Crippen molar-refractivity contribution in [1.82, 2.24) is 5.32 Å². The second-order valence-electron chi connectivity index (χ2n) is 4.52. The molecule has 0 unspecified atom stereocenters. The molecule has 1 fully saturated rings. The van der Waals surface area contributed by atoms with Crippen LogP contribution in [0.3, 0.4) is 0 Å². The van der Waals surface area contributed by atoms with E-state index in [2.05, 4.69) is 5.32 Å². The predicted molar refractivity (Wildman–Crippen MR) is 63.7 cm³/mol. The van der Waals surface area contributed by atoms with E-state index in [0.29, 0.717) is 18.6 Å². The highest BCUT2D eigenvalue weighted by atomic mass is 19.1. The van der Waals surface area contributed by atoms with Crippen molar-refractivity contribution < 1.29 is 14.2 Å². The Morgan fingerprint density at radius 3 is 2.78 bits per heavy atom. The van der Waals surface area contributed by atoms with Gasteiger partial charge < -0.3 is 15.2 Å². The van der Waals surface area contributed by atoms with E-state index in [0.717, 1.165) is 13.1 Å². The number of aliphatic hydroxyl groups is 1. The summed E-state index contributed by atoms with van der Waals surface area (Å²) in [5, 5.41) is 21.9. The Labute approximate surface area is 105 Å². The molecule has 0 bridgehead atoms. The van der Waals surface area contributed by atoms with Gasteiger partial charge >= 0.3 is 0 Å². The number of nitrogens with one attached hydrogen (secondary N) is 1. The zero-order valence-corrected chi connectivity index (χ0v) is 9.95. The molecular formula is C13H15FN2O2. The molecule has 2 rings (SSSR count). The minimum Gasteiger partial charge on any atom is -0.490 e. The Balaban J connectivity index is 1.98. The number of rotatable bonds is 3. The monoisotopic (exact) mass is 250 g/mol. The molecule has 2 N–H and O–H groups in total. The van der Waals surface area contributed by atoms with Gasteiger partial charge in [0.2, 0.25) is 0 Å². The van der Waals surface area contributed by atoms with Crippen LogP contribution in [0.5, 0.6) is 5.75 Å². The van der Waals surface area contributed by atoms with Gasteiger partial charge in [-0.05, 0) is 38.1 Å². The third kappa shape index (κ3) is 2.97. The predicted octanol–water partition coefficient (Wildman–Crippen LogP) is 1.19. The molecule has 0 spiro atoms. The molecule has 0 radical (unpaired) electrons. The van der Waals surface area contributed by atoms with E-state index < -0.39 is 11.4 Å². The molecule has 0 amide bonds. The van der Waals surface area contributed by atoms with E-state index in [1.807, 2.05) is 0 Å². The number of hydrogen-bond donors (Lipinski definition) is 2. The van der Waals surface area contributed by atoms with Crippen LogP contribution in [-0.2, 0) is 0 Å². The topological polar surface area (TPSA) is 65.3 Å². The Morgan fingerprint density at radius 1 is 1.44 bits per heavy atom. The quantitative estimate of drug-likeness (QED) is 0.845. The van der Waals surface area contributed by atoms with Crippen LogP contribution in [0.4, 0.5) is 4.39 Å². The van der Waals surface area contributed by atoms with Crippen molar-refractivity contribution in [2.45, 2.75) is 18.4 Å². The lowest BCUT2D eigenvalue weighted by molar-refractivity contribution is -0.0286. The van der Waals surface area contributed by atoms with Gasteiger partial charge in [-0.2, -0.15) is 5.26 Å². The lowest BCUT2D eigenvalue weighted by Gasteiger charge is -2.32. The van der Waals surface area contributed by atoms with Crippen molar-refractivity contribution in [3.8, 4) is 11.8 Å². The van der Waals surface area contributed by atoms with Crippen LogP contribution >= 0.6 is 0 Å². The maximum atomic E-state index is 13.3. The lowest BCUT2D eigenvalue weighted by atomic mass is 9.93. The summed E-state index contributed by atoms with van der Waals surface area (Å²) in [7, 11) is 0. The number of ether oxygens (including phenoxy) is 1. The maximum Gasteiger partial charge on any atom is 0.144 e. The van der Waals surface area contributed by atoms with Crippen LogP contribution in [0.1, 0.15) is 18.4 Å². The molecule has 1 aliphatic heterocycles. The molecule has 5 heteroatoms. The average Bonchev–Trinajstić information content (AvgIpc) is 2.38. The first-order valence-electron chi connectivity index (χ1n) is 5.88. The molecule has 1 heterocycles. The number of hydrogen-bond acceptors (Lipinski definition) is 4. The van der Waals surface area contributed by atoms with Gasteiger partial charge in [0.1, 0.15) is 29.8 Å². The normalized spacial score (nSPS) is 18.1. The first kappa shape index (κ1) is 12.8. The Kier molecular flexibility index (Phi) is 3.80. The molecule has 0 aliphatic carbocycles. The van der Waals surface area contributed by atoms with E-state index in [9.17, 15) is 9.50 Å². The molecule has 96 valence electrons. The van der Waals surface area contributed by atoms with Crippen molar-refractivity contribution in [1.29, 1.82) is 5.26 Å². The average molecular weight is 250 g/mol. The Hall–Kier alpha value is -1.64. The molecule has 0 saturated carbocycles. The fourth-order valence-electron chi connectivity index (χ4n) is 1.93. The summed E-state index contributed by atoms with van der Waals surface area (Å²) in [6.45, 7) is 1.64. The zero-order chi connectivity index (χ0) is 13.0. The number of benzene rings is 1. The third-order valence-electron chi connectivity index (χ3n) is 3.10. The van der Waals surface area contributed by atoms with E-state index in [-0.39, 0.29) is 12.2 Å². The van der Waals surface area contributed by atoms with Gasteiger partial charge in [0, 0.05) is 6.07 Å². The number of nitrogens with zero attached hydrogens (tertiary/aromatic N) is 1. The van der Waals surface area contributed by atoms with E-state index >= 15 is 0 Å². The summed E-state index contributed by atoms with van der Waals surface area (Å²) in [6.07, 6.45) is 1.23. The molecule has 18 heavy (non-hydrogen) atoms. The largest absolute Gasteiger partial charge is 0.490 e. The van der Waals surface area contributed by atoms with Gasteiger partial charge in [-0.15, -0.1) is 0 Å². The molecular weight excluding hydrogens is 235 g/mol. The first-order chi connectivity index (χ1) is 8.63. The minimum atomic E-state index is -0.852. The number of nitriles is 1. The molecule has 1 aromatic carbocycles. The summed E-state index contributed by atoms with van der Waals surface area (Å²) in [5.41, 5.74) is -0.863. The van der Waals surface area contributed by atoms with Gasteiger partial charge in [0.15, 0.2) is 0 Å². The lowest BCUT2D eigenvalue weighted by Crippen LogP contribution is -2.45. The molecule has 0 aromatic heterocycles. The fraction of sp³-hybridized carbons (Fsp3) is 0.462. The number of halogens is 1. The van der Waals surface area contributed by atoms with E-state index in [1.54, 1.807) is 6.07 Å². The van der Waals surface area contributed by atoms with Crippen LogP contribution < -0.4 is 10.1 Å². The highest BCUT2D eigenvalue weighted by Gasteiger charge is 2.29. The van der Waals surface area contributed by atoms with Gasteiger partial charge in [-0.1, -0.05) is 0 Å². The zero-order valence-electron chi connectivity index (χ0n) is 9.95. The van der Waals surface area contributed by atoms with Crippen LogP contribution in [-0.4, -0.2) is 30.4 Å². The summed E-state index contributed by atoms with van der Waals surface area (Å²) in [5.74, 6) is -0.272. The van der Waals surface area contributed by atoms with Crippen LogP contribution in [0.15, 0.2) is 18.2 Å². The standard InChI is InChI=1S/C13H15FN2O2/c14-12-7-11(2-1-10(12)8-15)18-9-13(17)3-5-16-6-4-13/h1-2,7,16-17H,3-6,9H2. The smallest absolute Gasteiger partial charge is 0.144 e. The van der Waals surface area contributed by atoms with Crippen LogP contribution in [0, 0.1) is 17.1 Å². The Bertz CT molecular complexity index is 465. The van der Waals surface area contributed by atoms with Crippen molar-refractivity contribution >= 4 is 0 Å². The molecule has 0 atom stereocenters. The summed E-state index contributed by atoms with van der Waals surface area (Å²) in [4.78, 5) is 0. The number of piperidine rings is 1. The molecule has 1 aromatic rings. The van der Waals surface area contributed by atoms with Crippen LogP contribution in [0.2, 0.25) is 0 Å². The van der Waals surface area contributed by atoms with Crippen molar-refractivity contribution in [3.05, 3.63) is 29.6 Å². The summed E-state index contributed by atoms with van der Waals surface area (Å²) < 4.78 is 18.7. The molecule has 4 nitrogen and oxygen atoms in total. The highest BCUT2D eigenvalue weighted by Crippen LogP contribution is 2.21. The minimum absolute atomic E-state index is 0.0112. The maximum absolute atomic E-state index is 13.3. The second kappa shape index (κ2) is 5.34. The SMILES string of the molecule is N#Cc1ccc(OCC2(O)CCNCC2)cc1F. The van der Waals surface area contributed by atoms with Crippen molar-refractivity contribution in [3.63, 3.8) is 0 Å². The fourth-order valence-corrected chi connectivity index (χ4v) is 1.93. The third-order valence-corrected chi connectivity index (χ3v) is 3.10. The summed E-state index contributed by atoms with van der Waals surface area (Å²) >= 11 is 0. The summed E-state index contributed by atoms with van der Waals surface area (Å²) in [6, 6.07) is 5.82. The van der Waals surface area contributed by atoms with E-state index in [1.165, 1.54) is 18.2 Å². The highest BCUT2D eigenvalue weighted by molar-refractivity contribution is 5.36. The molecule has 1 aliphatic rings. The van der Waals surface area contributed by atoms with Crippen molar-refractivity contribution in [2.24, 2.45) is 0 Å². The van der Waals surface area contributed by atoms with Gasteiger partial charge in [0.05, 0.1) is 5.56 Å². The Morgan fingerprint density at radius 2 is 2.17 bits per heavy atom. The first-order valence-corrected chi connectivity index (χ1v) is 5.88. The van der Waals surface area contributed by atoms with Gasteiger partial charge in [0.25, 0.3) is 0 Å².